The second-order valence-electron chi connectivity index (χ2n) is 5.94. The number of rotatable bonds is 4. The monoisotopic (exact) mass is 309 g/mol. The maximum Gasteiger partial charge on any atom is 0.182 e. The number of nitrogens with zero attached hydrogens (tertiary/aromatic N) is 4. The van der Waals surface area contributed by atoms with Crippen LogP contribution in [0.4, 0.5) is 0 Å². The maximum atomic E-state index is 5.45. The number of likely N-dealkylation sites (tertiary alicyclic amines) is 1. The van der Waals surface area contributed by atoms with Crippen LogP contribution < -0.4 is 0 Å². The molecule has 0 aliphatic carbocycles. The zero-order chi connectivity index (χ0) is 15.5. The molecule has 0 spiro atoms. The SMILES string of the molecule is c1cncc(-c2n[nH]c(C3CCCN(Cc4ccco4)C3)n2)c1. The molecule has 4 rings (SSSR count). The number of nitrogens with one attached hydrogen (secondary N) is 1. The Morgan fingerprint density at radius 3 is 3.13 bits per heavy atom. The Kier molecular flexibility index (Phi) is 3.90. The molecule has 1 N–H and O–H groups in total. The van der Waals surface area contributed by atoms with Gasteiger partial charge in [0, 0.05) is 30.4 Å². The molecule has 4 heterocycles. The fourth-order valence-electron chi connectivity index (χ4n) is 3.13. The van der Waals surface area contributed by atoms with Gasteiger partial charge in [0.05, 0.1) is 12.8 Å². The summed E-state index contributed by atoms with van der Waals surface area (Å²) in [5, 5.41) is 7.46. The fourth-order valence-corrected chi connectivity index (χ4v) is 3.13. The van der Waals surface area contributed by atoms with Crippen LogP contribution in [-0.2, 0) is 6.54 Å². The second-order valence-corrected chi connectivity index (χ2v) is 5.94. The summed E-state index contributed by atoms with van der Waals surface area (Å²) in [5.41, 5.74) is 0.943. The number of aromatic amines is 1. The zero-order valence-corrected chi connectivity index (χ0v) is 12.9. The highest BCUT2D eigenvalue weighted by Crippen LogP contribution is 2.26. The molecule has 23 heavy (non-hydrogen) atoms. The fraction of sp³-hybridized carbons (Fsp3) is 0.353. The van der Waals surface area contributed by atoms with Gasteiger partial charge in [0.15, 0.2) is 5.82 Å². The summed E-state index contributed by atoms with van der Waals surface area (Å²) in [6.07, 6.45) is 7.57. The Bertz CT molecular complexity index is 737. The molecule has 1 fully saturated rings. The Labute approximate surface area is 134 Å². The standard InChI is InChI=1S/C17H19N5O/c1-4-13(10-18-7-1)16-19-17(21-20-16)14-5-2-8-22(11-14)12-15-6-3-9-23-15/h1,3-4,6-7,9-10,14H,2,5,8,11-12H2,(H,19,20,21). The number of furan rings is 1. The van der Waals surface area contributed by atoms with Crippen LogP contribution in [0.5, 0.6) is 0 Å². The first kappa shape index (κ1) is 14.1. The van der Waals surface area contributed by atoms with Gasteiger partial charge in [0.2, 0.25) is 0 Å². The van der Waals surface area contributed by atoms with Crippen LogP contribution in [0.3, 0.4) is 0 Å². The van der Waals surface area contributed by atoms with E-state index in [9.17, 15) is 0 Å². The quantitative estimate of drug-likeness (QED) is 0.802. The Balaban J connectivity index is 1.46. The van der Waals surface area contributed by atoms with E-state index in [0.29, 0.717) is 5.92 Å². The summed E-state index contributed by atoms with van der Waals surface area (Å²) in [6, 6.07) is 7.84. The third kappa shape index (κ3) is 3.17. The van der Waals surface area contributed by atoms with Crippen molar-refractivity contribution in [1.29, 1.82) is 0 Å². The van der Waals surface area contributed by atoms with E-state index in [1.807, 2.05) is 24.3 Å². The Morgan fingerprint density at radius 2 is 2.30 bits per heavy atom. The van der Waals surface area contributed by atoms with Gasteiger partial charge in [-0.25, -0.2) is 4.98 Å². The zero-order valence-electron chi connectivity index (χ0n) is 12.9. The van der Waals surface area contributed by atoms with Crippen molar-refractivity contribution in [3.63, 3.8) is 0 Å². The van der Waals surface area contributed by atoms with Gasteiger partial charge in [0.25, 0.3) is 0 Å². The van der Waals surface area contributed by atoms with E-state index in [1.54, 1.807) is 18.7 Å². The summed E-state index contributed by atoms with van der Waals surface area (Å²) in [4.78, 5) is 11.2. The minimum Gasteiger partial charge on any atom is -0.468 e. The largest absolute Gasteiger partial charge is 0.468 e. The molecule has 0 bridgehead atoms. The van der Waals surface area contributed by atoms with Crippen molar-refractivity contribution in [2.75, 3.05) is 13.1 Å². The van der Waals surface area contributed by atoms with E-state index in [1.165, 1.54) is 0 Å². The first-order valence-electron chi connectivity index (χ1n) is 7.96. The minimum atomic E-state index is 0.386. The lowest BCUT2D eigenvalue weighted by Gasteiger charge is -2.30. The van der Waals surface area contributed by atoms with Gasteiger partial charge >= 0.3 is 0 Å². The van der Waals surface area contributed by atoms with Crippen LogP contribution in [0.25, 0.3) is 11.4 Å². The van der Waals surface area contributed by atoms with Crippen molar-refractivity contribution in [1.82, 2.24) is 25.1 Å². The van der Waals surface area contributed by atoms with Gasteiger partial charge in [-0.15, -0.1) is 0 Å². The minimum absolute atomic E-state index is 0.386. The van der Waals surface area contributed by atoms with E-state index in [4.69, 9.17) is 4.42 Å². The lowest BCUT2D eigenvalue weighted by molar-refractivity contribution is 0.183. The van der Waals surface area contributed by atoms with Crippen molar-refractivity contribution in [3.8, 4) is 11.4 Å². The average Bonchev–Trinajstić information content (AvgIpc) is 3.28. The predicted octanol–water partition coefficient (Wildman–Crippen LogP) is 2.84. The molecule has 0 saturated carbocycles. The van der Waals surface area contributed by atoms with E-state index < -0.39 is 0 Å². The van der Waals surface area contributed by atoms with Gasteiger partial charge in [-0.3, -0.25) is 15.0 Å². The summed E-state index contributed by atoms with van der Waals surface area (Å²) < 4.78 is 5.45. The third-order valence-corrected chi connectivity index (χ3v) is 4.27. The molecule has 1 unspecified atom stereocenters. The highest BCUT2D eigenvalue weighted by Gasteiger charge is 2.24. The van der Waals surface area contributed by atoms with E-state index in [0.717, 1.165) is 55.4 Å². The predicted molar refractivity (Wildman–Crippen MR) is 85.6 cm³/mol. The lowest BCUT2D eigenvalue weighted by Crippen LogP contribution is -2.34. The lowest BCUT2D eigenvalue weighted by atomic mass is 9.97. The van der Waals surface area contributed by atoms with Crippen molar-refractivity contribution >= 4 is 0 Å². The maximum absolute atomic E-state index is 5.45. The normalized spacial score (nSPS) is 19.0. The molecule has 118 valence electrons. The van der Waals surface area contributed by atoms with Crippen LogP contribution in [-0.4, -0.2) is 38.2 Å². The van der Waals surface area contributed by atoms with Crippen molar-refractivity contribution in [2.45, 2.75) is 25.3 Å². The number of H-pyrrole nitrogens is 1. The van der Waals surface area contributed by atoms with Crippen LogP contribution in [0.2, 0.25) is 0 Å². The van der Waals surface area contributed by atoms with Gasteiger partial charge in [-0.1, -0.05) is 0 Å². The van der Waals surface area contributed by atoms with Gasteiger partial charge in [-0.05, 0) is 43.7 Å². The topological polar surface area (TPSA) is 70.8 Å². The molecule has 1 atom stereocenters. The molecule has 1 saturated heterocycles. The Morgan fingerprint density at radius 1 is 1.30 bits per heavy atom. The van der Waals surface area contributed by atoms with Crippen molar-refractivity contribution in [3.05, 3.63) is 54.5 Å². The molecular formula is C17H19N5O. The number of piperidine rings is 1. The molecule has 1 aliphatic rings. The van der Waals surface area contributed by atoms with Crippen LogP contribution in [0.15, 0.2) is 47.3 Å². The van der Waals surface area contributed by atoms with E-state index in [2.05, 4.69) is 25.1 Å². The van der Waals surface area contributed by atoms with Crippen molar-refractivity contribution < 1.29 is 4.42 Å². The molecule has 6 nitrogen and oxygen atoms in total. The molecule has 0 aromatic carbocycles. The molecule has 3 aromatic rings. The number of pyridine rings is 1. The summed E-state index contributed by atoms with van der Waals surface area (Å²) in [6.45, 7) is 2.93. The molecule has 0 amide bonds. The summed E-state index contributed by atoms with van der Waals surface area (Å²) >= 11 is 0. The van der Waals surface area contributed by atoms with Crippen LogP contribution >= 0.6 is 0 Å². The molecule has 0 radical (unpaired) electrons. The van der Waals surface area contributed by atoms with Crippen molar-refractivity contribution in [2.24, 2.45) is 0 Å². The van der Waals surface area contributed by atoms with Crippen LogP contribution in [0.1, 0.15) is 30.3 Å². The van der Waals surface area contributed by atoms with Gasteiger partial charge < -0.3 is 4.42 Å². The van der Waals surface area contributed by atoms with E-state index in [-0.39, 0.29) is 0 Å². The summed E-state index contributed by atoms with van der Waals surface area (Å²) in [7, 11) is 0. The molecular weight excluding hydrogens is 290 g/mol. The van der Waals surface area contributed by atoms with Gasteiger partial charge in [0.1, 0.15) is 11.6 Å². The summed E-state index contributed by atoms with van der Waals surface area (Å²) in [5.74, 6) is 3.08. The first-order valence-corrected chi connectivity index (χ1v) is 7.96. The van der Waals surface area contributed by atoms with E-state index >= 15 is 0 Å². The molecule has 6 heteroatoms. The van der Waals surface area contributed by atoms with Gasteiger partial charge in [-0.2, -0.15) is 5.10 Å². The molecule has 1 aliphatic heterocycles. The second kappa shape index (κ2) is 6.34. The molecule has 3 aromatic heterocycles. The smallest absolute Gasteiger partial charge is 0.182 e. The number of aromatic nitrogens is 4. The first-order chi connectivity index (χ1) is 11.4. The Hall–Kier alpha value is -2.47. The average molecular weight is 309 g/mol. The highest BCUT2D eigenvalue weighted by atomic mass is 16.3. The number of hydrogen-bond donors (Lipinski definition) is 1. The highest BCUT2D eigenvalue weighted by molar-refractivity contribution is 5.52. The third-order valence-electron chi connectivity index (χ3n) is 4.27. The van der Waals surface area contributed by atoms with Crippen LogP contribution in [0, 0.1) is 0 Å². The number of hydrogen-bond acceptors (Lipinski definition) is 5.